The van der Waals surface area contributed by atoms with Crippen LogP contribution in [0.3, 0.4) is 0 Å². The zero-order valence-electron chi connectivity index (χ0n) is 17.7. The van der Waals surface area contributed by atoms with Crippen LogP contribution in [0.25, 0.3) is 33.6 Å². The Morgan fingerprint density at radius 3 is 2.71 bits per heavy atom. The average molecular weight is 418 g/mol. The molecule has 0 aliphatic carbocycles. The zero-order chi connectivity index (χ0) is 21.2. The van der Waals surface area contributed by atoms with Gasteiger partial charge in [-0.15, -0.1) is 0 Å². The van der Waals surface area contributed by atoms with E-state index in [1.807, 2.05) is 6.07 Å². The Kier molecular flexibility index (Phi) is 5.42. The summed E-state index contributed by atoms with van der Waals surface area (Å²) in [6.45, 7) is 4.96. The number of aryl methyl sites for hydroxylation is 1. The van der Waals surface area contributed by atoms with E-state index in [1.165, 1.54) is 12.8 Å². The van der Waals surface area contributed by atoms with Gasteiger partial charge in [-0.1, -0.05) is 31.9 Å². The quantitative estimate of drug-likeness (QED) is 0.454. The lowest BCUT2D eigenvalue weighted by molar-refractivity contribution is 0.122. The Labute approximate surface area is 180 Å². The first kappa shape index (κ1) is 19.8. The third kappa shape index (κ3) is 3.93. The highest BCUT2D eigenvalue weighted by Gasteiger charge is 2.23. The Hall–Kier alpha value is -3.19. The van der Waals surface area contributed by atoms with Crippen LogP contribution in [0.15, 0.2) is 40.8 Å². The van der Waals surface area contributed by atoms with E-state index in [0.717, 1.165) is 53.9 Å². The normalized spacial score (nSPS) is 14.5. The summed E-state index contributed by atoms with van der Waals surface area (Å²) < 4.78 is 11.8. The molecule has 0 radical (unpaired) electrons. The van der Waals surface area contributed by atoms with Gasteiger partial charge in [-0.2, -0.15) is 0 Å². The number of nitrogens with zero attached hydrogens (tertiary/aromatic N) is 4. The van der Waals surface area contributed by atoms with Crippen molar-refractivity contribution >= 4 is 28.0 Å². The minimum atomic E-state index is 0.185. The van der Waals surface area contributed by atoms with Gasteiger partial charge in [0.1, 0.15) is 11.3 Å². The van der Waals surface area contributed by atoms with Gasteiger partial charge in [0.2, 0.25) is 5.71 Å². The summed E-state index contributed by atoms with van der Waals surface area (Å²) in [5.41, 5.74) is 3.79. The number of hydrogen-bond donors (Lipinski definition) is 1. The van der Waals surface area contributed by atoms with E-state index in [9.17, 15) is 5.11 Å². The van der Waals surface area contributed by atoms with E-state index in [4.69, 9.17) is 24.1 Å². The fourth-order valence-corrected chi connectivity index (χ4v) is 4.01. The number of phenols is 1. The number of ether oxygens (including phenoxy) is 1. The van der Waals surface area contributed by atoms with E-state index < -0.39 is 0 Å². The van der Waals surface area contributed by atoms with Crippen LogP contribution in [0, 0.1) is 0 Å². The molecule has 4 aromatic rings. The molecule has 7 nitrogen and oxygen atoms in total. The van der Waals surface area contributed by atoms with Gasteiger partial charge in [-0.3, -0.25) is 0 Å². The second kappa shape index (κ2) is 8.51. The van der Waals surface area contributed by atoms with Crippen molar-refractivity contribution in [3.8, 4) is 17.1 Å². The Morgan fingerprint density at radius 1 is 1.03 bits per heavy atom. The van der Waals surface area contributed by atoms with Crippen molar-refractivity contribution in [3.05, 3.63) is 42.1 Å². The number of aromatic hydroxyl groups is 1. The number of anilines is 1. The van der Waals surface area contributed by atoms with Gasteiger partial charge in [0.25, 0.3) is 0 Å². The Balaban J connectivity index is 1.66. The lowest BCUT2D eigenvalue weighted by Crippen LogP contribution is -2.37. The molecule has 1 N–H and O–H groups in total. The molecule has 1 aliphatic heterocycles. The predicted molar refractivity (Wildman–Crippen MR) is 120 cm³/mol. The number of aromatic nitrogens is 3. The number of furan rings is 1. The molecule has 3 aromatic heterocycles. The number of pyridine rings is 1. The smallest absolute Gasteiger partial charge is 0.229 e. The number of morpholine rings is 1. The SMILES string of the molecule is CCCCCc1ccc2c(n1)oc1c(N3CCOCC3)nc(-c3cccc(O)c3)nc12. The summed E-state index contributed by atoms with van der Waals surface area (Å²) in [6, 6.07) is 11.1. The van der Waals surface area contributed by atoms with E-state index in [1.54, 1.807) is 18.2 Å². The van der Waals surface area contributed by atoms with Crippen LogP contribution in [0.5, 0.6) is 5.75 Å². The van der Waals surface area contributed by atoms with Gasteiger partial charge in [0, 0.05) is 24.3 Å². The van der Waals surface area contributed by atoms with E-state index >= 15 is 0 Å². The predicted octanol–water partition coefficient (Wildman–Crippen LogP) is 4.71. The van der Waals surface area contributed by atoms with Crippen LogP contribution < -0.4 is 4.90 Å². The maximum atomic E-state index is 9.95. The third-order valence-electron chi connectivity index (χ3n) is 5.67. The first-order chi connectivity index (χ1) is 15.2. The van der Waals surface area contributed by atoms with E-state index in [2.05, 4.69) is 24.0 Å². The average Bonchev–Trinajstić information content (AvgIpc) is 3.17. The third-order valence-corrected chi connectivity index (χ3v) is 5.67. The maximum absolute atomic E-state index is 9.95. The lowest BCUT2D eigenvalue weighted by atomic mass is 10.1. The Bertz CT molecular complexity index is 1210. The number of fused-ring (bicyclic) bond motifs is 3. The van der Waals surface area contributed by atoms with Crippen LogP contribution in [0.4, 0.5) is 5.82 Å². The van der Waals surface area contributed by atoms with Gasteiger partial charge in [0.15, 0.2) is 17.2 Å². The summed E-state index contributed by atoms with van der Waals surface area (Å²) in [4.78, 5) is 16.6. The minimum Gasteiger partial charge on any atom is -0.508 e. The topological polar surface area (TPSA) is 84.5 Å². The van der Waals surface area contributed by atoms with E-state index in [0.29, 0.717) is 30.3 Å². The molecule has 0 bridgehead atoms. The van der Waals surface area contributed by atoms with Crippen molar-refractivity contribution in [1.29, 1.82) is 0 Å². The molecule has 0 amide bonds. The largest absolute Gasteiger partial charge is 0.508 e. The molecule has 0 saturated carbocycles. The van der Waals surface area contributed by atoms with Gasteiger partial charge < -0.3 is 19.2 Å². The van der Waals surface area contributed by atoms with Gasteiger partial charge in [-0.25, -0.2) is 15.0 Å². The summed E-state index contributed by atoms with van der Waals surface area (Å²) in [7, 11) is 0. The minimum absolute atomic E-state index is 0.185. The first-order valence-electron chi connectivity index (χ1n) is 10.9. The molecular weight excluding hydrogens is 392 g/mol. The van der Waals surface area contributed by atoms with Crippen LogP contribution >= 0.6 is 0 Å². The molecule has 1 aliphatic rings. The molecule has 5 rings (SSSR count). The highest BCUT2D eigenvalue weighted by molar-refractivity contribution is 6.05. The molecule has 160 valence electrons. The van der Waals surface area contributed by atoms with Crippen molar-refractivity contribution in [1.82, 2.24) is 15.0 Å². The van der Waals surface area contributed by atoms with Gasteiger partial charge in [-0.05, 0) is 37.1 Å². The van der Waals surface area contributed by atoms with Crippen molar-refractivity contribution in [2.75, 3.05) is 31.2 Å². The number of benzene rings is 1. The second-order valence-corrected chi connectivity index (χ2v) is 7.91. The molecule has 7 heteroatoms. The molecule has 1 fully saturated rings. The van der Waals surface area contributed by atoms with Crippen molar-refractivity contribution < 1.29 is 14.3 Å². The molecule has 4 heterocycles. The summed E-state index contributed by atoms with van der Waals surface area (Å²) in [5.74, 6) is 1.49. The van der Waals surface area contributed by atoms with Crippen molar-refractivity contribution in [2.45, 2.75) is 32.6 Å². The first-order valence-corrected chi connectivity index (χ1v) is 10.9. The molecule has 31 heavy (non-hydrogen) atoms. The summed E-state index contributed by atoms with van der Waals surface area (Å²) in [5, 5.41) is 10.8. The monoisotopic (exact) mass is 418 g/mol. The van der Waals surface area contributed by atoms with Crippen LogP contribution in [-0.2, 0) is 11.2 Å². The molecule has 1 aromatic carbocycles. The maximum Gasteiger partial charge on any atom is 0.229 e. The fraction of sp³-hybridized carbons (Fsp3) is 0.375. The summed E-state index contributed by atoms with van der Waals surface area (Å²) >= 11 is 0. The van der Waals surface area contributed by atoms with Crippen molar-refractivity contribution in [3.63, 3.8) is 0 Å². The lowest BCUT2D eigenvalue weighted by Gasteiger charge is -2.27. The Morgan fingerprint density at radius 2 is 1.90 bits per heavy atom. The van der Waals surface area contributed by atoms with Crippen molar-refractivity contribution in [2.24, 2.45) is 0 Å². The fourth-order valence-electron chi connectivity index (χ4n) is 4.01. The molecule has 1 saturated heterocycles. The molecule has 0 atom stereocenters. The number of rotatable bonds is 6. The second-order valence-electron chi connectivity index (χ2n) is 7.91. The van der Waals surface area contributed by atoms with Crippen LogP contribution in [0.2, 0.25) is 0 Å². The standard InChI is InChI=1S/C24H26N4O3/c1-2-3-4-7-17-9-10-19-20-21(31-24(19)25-17)23(28-11-13-30-14-12-28)27-22(26-20)16-6-5-8-18(29)15-16/h5-6,8-10,15,29H,2-4,7,11-14H2,1H3. The number of unbranched alkanes of at least 4 members (excludes halogenated alkanes) is 2. The highest BCUT2D eigenvalue weighted by Crippen LogP contribution is 2.35. The van der Waals surface area contributed by atoms with Crippen LogP contribution in [0.1, 0.15) is 31.9 Å². The highest BCUT2D eigenvalue weighted by atomic mass is 16.5. The van der Waals surface area contributed by atoms with Gasteiger partial charge >= 0.3 is 0 Å². The van der Waals surface area contributed by atoms with Crippen LogP contribution in [-0.4, -0.2) is 46.4 Å². The van der Waals surface area contributed by atoms with Gasteiger partial charge in [0.05, 0.1) is 18.6 Å². The molecule has 0 unspecified atom stereocenters. The molecular formula is C24H26N4O3. The zero-order valence-corrected chi connectivity index (χ0v) is 17.7. The summed E-state index contributed by atoms with van der Waals surface area (Å²) in [6.07, 6.45) is 4.44. The number of phenolic OH excluding ortho intramolecular Hbond substituents is 1. The van der Waals surface area contributed by atoms with E-state index in [-0.39, 0.29) is 5.75 Å². The number of hydrogen-bond acceptors (Lipinski definition) is 7. The molecule has 0 spiro atoms.